The Bertz CT molecular complexity index is 571. The Morgan fingerprint density at radius 3 is 2.74 bits per heavy atom. The molecule has 1 aromatic heterocycles. The first kappa shape index (κ1) is 12.0. The SMILES string of the molecule is COc1cc(C)nc(NC2CC2c2ccccc2)n1. The second kappa shape index (κ2) is 4.88. The lowest BCUT2D eigenvalue weighted by molar-refractivity contribution is 0.397. The molecule has 0 amide bonds. The van der Waals surface area contributed by atoms with E-state index in [4.69, 9.17) is 4.74 Å². The van der Waals surface area contributed by atoms with E-state index in [0.717, 1.165) is 12.1 Å². The maximum atomic E-state index is 5.16. The van der Waals surface area contributed by atoms with Crippen LogP contribution >= 0.6 is 0 Å². The zero-order valence-corrected chi connectivity index (χ0v) is 11.1. The van der Waals surface area contributed by atoms with Crippen LogP contribution in [0.25, 0.3) is 0 Å². The average molecular weight is 255 g/mol. The summed E-state index contributed by atoms with van der Waals surface area (Å²) in [7, 11) is 1.62. The summed E-state index contributed by atoms with van der Waals surface area (Å²) in [5.74, 6) is 1.82. The first-order valence-corrected chi connectivity index (χ1v) is 6.47. The predicted molar refractivity (Wildman–Crippen MR) is 74.5 cm³/mol. The van der Waals surface area contributed by atoms with E-state index in [1.807, 2.05) is 19.1 Å². The molecule has 2 unspecified atom stereocenters. The summed E-state index contributed by atoms with van der Waals surface area (Å²) in [6, 6.07) is 12.8. The van der Waals surface area contributed by atoms with Crippen LogP contribution in [0.4, 0.5) is 5.95 Å². The molecule has 0 bridgehead atoms. The summed E-state index contributed by atoms with van der Waals surface area (Å²) in [5, 5.41) is 3.38. The zero-order chi connectivity index (χ0) is 13.2. The maximum Gasteiger partial charge on any atom is 0.226 e. The molecule has 1 aromatic carbocycles. The van der Waals surface area contributed by atoms with Crippen LogP contribution in [-0.2, 0) is 0 Å². The Morgan fingerprint density at radius 2 is 2.00 bits per heavy atom. The van der Waals surface area contributed by atoms with Gasteiger partial charge in [0.25, 0.3) is 0 Å². The highest BCUT2D eigenvalue weighted by Crippen LogP contribution is 2.42. The van der Waals surface area contributed by atoms with Gasteiger partial charge in [-0.1, -0.05) is 30.3 Å². The topological polar surface area (TPSA) is 47.0 Å². The molecule has 1 aliphatic rings. The Kier molecular flexibility index (Phi) is 3.07. The molecule has 4 nitrogen and oxygen atoms in total. The second-order valence-electron chi connectivity index (χ2n) is 4.88. The number of hydrogen-bond donors (Lipinski definition) is 1. The summed E-state index contributed by atoms with van der Waals surface area (Å²) in [5.41, 5.74) is 2.28. The molecule has 1 N–H and O–H groups in total. The fourth-order valence-electron chi connectivity index (χ4n) is 2.30. The number of methoxy groups -OCH3 is 1. The van der Waals surface area contributed by atoms with Crippen molar-refractivity contribution in [1.29, 1.82) is 0 Å². The number of aromatic nitrogens is 2. The number of nitrogens with one attached hydrogen (secondary N) is 1. The van der Waals surface area contributed by atoms with Gasteiger partial charge in [-0.25, -0.2) is 4.98 Å². The fraction of sp³-hybridized carbons (Fsp3) is 0.333. The quantitative estimate of drug-likeness (QED) is 0.912. The van der Waals surface area contributed by atoms with Crippen molar-refractivity contribution in [2.45, 2.75) is 25.3 Å². The van der Waals surface area contributed by atoms with Gasteiger partial charge in [0.2, 0.25) is 11.8 Å². The zero-order valence-electron chi connectivity index (χ0n) is 11.1. The molecule has 0 saturated heterocycles. The van der Waals surface area contributed by atoms with E-state index in [0.29, 0.717) is 23.8 Å². The number of rotatable bonds is 4. The Labute approximate surface area is 112 Å². The Morgan fingerprint density at radius 1 is 1.21 bits per heavy atom. The van der Waals surface area contributed by atoms with E-state index in [1.54, 1.807) is 7.11 Å². The highest BCUT2D eigenvalue weighted by atomic mass is 16.5. The Balaban J connectivity index is 1.69. The highest BCUT2D eigenvalue weighted by molar-refractivity contribution is 5.38. The molecule has 2 atom stereocenters. The molecule has 2 aromatic rings. The number of hydrogen-bond acceptors (Lipinski definition) is 4. The van der Waals surface area contributed by atoms with Gasteiger partial charge < -0.3 is 10.1 Å². The summed E-state index contributed by atoms with van der Waals surface area (Å²) in [6.07, 6.45) is 1.13. The van der Waals surface area contributed by atoms with Crippen LogP contribution in [0.2, 0.25) is 0 Å². The lowest BCUT2D eigenvalue weighted by atomic mass is 10.1. The van der Waals surface area contributed by atoms with Crippen molar-refractivity contribution in [3.63, 3.8) is 0 Å². The van der Waals surface area contributed by atoms with Crippen molar-refractivity contribution in [1.82, 2.24) is 9.97 Å². The van der Waals surface area contributed by atoms with Crippen LogP contribution < -0.4 is 10.1 Å². The molecule has 0 radical (unpaired) electrons. The van der Waals surface area contributed by atoms with E-state index in [1.165, 1.54) is 5.56 Å². The van der Waals surface area contributed by atoms with Crippen molar-refractivity contribution < 1.29 is 4.74 Å². The average Bonchev–Trinajstić information content (AvgIpc) is 3.18. The van der Waals surface area contributed by atoms with Gasteiger partial charge in [-0.05, 0) is 18.9 Å². The molecule has 0 spiro atoms. The molecule has 0 aliphatic heterocycles. The van der Waals surface area contributed by atoms with Crippen LogP contribution in [0, 0.1) is 6.92 Å². The Hall–Kier alpha value is -2.10. The molecular formula is C15H17N3O. The molecule has 1 fully saturated rings. The van der Waals surface area contributed by atoms with Gasteiger partial charge in [0.05, 0.1) is 7.11 Å². The number of aryl methyl sites for hydroxylation is 1. The van der Waals surface area contributed by atoms with E-state index >= 15 is 0 Å². The molecule has 4 heteroatoms. The van der Waals surface area contributed by atoms with Gasteiger partial charge in [-0.15, -0.1) is 0 Å². The molecule has 1 saturated carbocycles. The first-order valence-electron chi connectivity index (χ1n) is 6.47. The number of nitrogens with zero attached hydrogens (tertiary/aromatic N) is 2. The monoisotopic (exact) mass is 255 g/mol. The molecule has 1 aliphatic carbocycles. The molecule has 98 valence electrons. The smallest absolute Gasteiger partial charge is 0.226 e. The normalized spacial score (nSPS) is 20.9. The summed E-state index contributed by atoms with van der Waals surface area (Å²) >= 11 is 0. The summed E-state index contributed by atoms with van der Waals surface area (Å²) < 4.78 is 5.16. The minimum atomic E-state index is 0.425. The minimum absolute atomic E-state index is 0.425. The fourth-order valence-corrected chi connectivity index (χ4v) is 2.30. The van der Waals surface area contributed by atoms with Crippen molar-refractivity contribution in [3.8, 4) is 5.88 Å². The molecular weight excluding hydrogens is 238 g/mol. The van der Waals surface area contributed by atoms with Crippen molar-refractivity contribution in [2.24, 2.45) is 0 Å². The largest absolute Gasteiger partial charge is 0.481 e. The number of ether oxygens (including phenoxy) is 1. The van der Waals surface area contributed by atoms with Crippen LogP contribution in [0.3, 0.4) is 0 Å². The number of benzene rings is 1. The predicted octanol–water partition coefficient (Wildman–Crippen LogP) is 2.76. The van der Waals surface area contributed by atoms with Crippen LogP contribution in [0.5, 0.6) is 5.88 Å². The van der Waals surface area contributed by atoms with Crippen LogP contribution in [-0.4, -0.2) is 23.1 Å². The third kappa shape index (κ3) is 2.67. The lowest BCUT2D eigenvalue weighted by Crippen LogP contribution is -2.09. The highest BCUT2D eigenvalue weighted by Gasteiger charge is 2.38. The van der Waals surface area contributed by atoms with Gasteiger partial charge in [-0.3, -0.25) is 0 Å². The van der Waals surface area contributed by atoms with Crippen molar-refractivity contribution >= 4 is 5.95 Å². The maximum absolute atomic E-state index is 5.16. The third-order valence-electron chi connectivity index (χ3n) is 3.37. The van der Waals surface area contributed by atoms with Crippen LogP contribution in [0.15, 0.2) is 36.4 Å². The minimum Gasteiger partial charge on any atom is -0.481 e. The van der Waals surface area contributed by atoms with Gasteiger partial charge in [0.15, 0.2) is 0 Å². The molecule has 19 heavy (non-hydrogen) atoms. The summed E-state index contributed by atoms with van der Waals surface area (Å²) in [6.45, 7) is 1.94. The van der Waals surface area contributed by atoms with Gasteiger partial charge in [-0.2, -0.15) is 4.98 Å². The first-order chi connectivity index (χ1) is 9.26. The van der Waals surface area contributed by atoms with E-state index < -0.39 is 0 Å². The lowest BCUT2D eigenvalue weighted by Gasteiger charge is -2.07. The second-order valence-corrected chi connectivity index (χ2v) is 4.88. The van der Waals surface area contributed by atoms with Crippen molar-refractivity contribution in [2.75, 3.05) is 12.4 Å². The summed E-state index contributed by atoms with van der Waals surface area (Å²) in [4.78, 5) is 8.70. The van der Waals surface area contributed by atoms with Gasteiger partial charge in [0.1, 0.15) is 0 Å². The molecule has 1 heterocycles. The van der Waals surface area contributed by atoms with Crippen LogP contribution in [0.1, 0.15) is 23.6 Å². The van der Waals surface area contributed by atoms with Crippen molar-refractivity contribution in [3.05, 3.63) is 47.7 Å². The van der Waals surface area contributed by atoms with E-state index in [-0.39, 0.29) is 0 Å². The van der Waals surface area contributed by atoms with E-state index in [2.05, 4.69) is 39.6 Å². The van der Waals surface area contributed by atoms with Gasteiger partial charge in [0, 0.05) is 23.7 Å². The van der Waals surface area contributed by atoms with Gasteiger partial charge >= 0.3 is 0 Å². The standard InChI is InChI=1S/C15H17N3O/c1-10-8-14(19-2)18-15(16-10)17-13-9-12(13)11-6-4-3-5-7-11/h3-8,12-13H,9H2,1-2H3,(H,16,17,18). The third-order valence-corrected chi connectivity index (χ3v) is 3.37. The number of anilines is 1. The molecule has 3 rings (SSSR count). The van der Waals surface area contributed by atoms with E-state index in [9.17, 15) is 0 Å².